The highest BCUT2D eigenvalue weighted by molar-refractivity contribution is 7.68. The zero-order valence-electron chi connectivity index (χ0n) is 19.7. The molecule has 0 bridgehead atoms. The van der Waals surface area contributed by atoms with E-state index in [2.05, 4.69) is 5.32 Å². The number of benzene rings is 2. The SMILES string of the molecule is Cc1ccc(N[C@H]2[C@H]3OC(C)(C)O[C@H]3[C@@H]([C@H]3COC(C)(C)O3)O[P@]2(=O)c2ccccc2)cc1. The van der Waals surface area contributed by atoms with E-state index >= 15 is 0 Å². The number of hydrogen-bond donors (Lipinski definition) is 1. The molecule has 0 amide bonds. The number of hydrogen-bond acceptors (Lipinski definition) is 7. The van der Waals surface area contributed by atoms with Crippen molar-refractivity contribution in [3.63, 3.8) is 0 Å². The molecule has 2 aromatic rings. The van der Waals surface area contributed by atoms with Gasteiger partial charge in [-0.25, -0.2) is 0 Å². The molecular weight excluding hydrogens is 441 g/mol. The van der Waals surface area contributed by atoms with Gasteiger partial charge in [0.15, 0.2) is 11.6 Å². The minimum absolute atomic E-state index is 0.329. The molecule has 0 unspecified atom stereocenters. The van der Waals surface area contributed by atoms with E-state index in [1.165, 1.54) is 0 Å². The van der Waals surface area contributed by atoms with Gasteiger partial charge >= 0.3 is 0 Å². The first-order chi connectivity index (χ1) is 15.6. The molecular formula is C25H32NO6P. The van der Waals surface area contributed by atoms with E-state index in [0.29, 0.717) is 11.9 Å². The molecule has 0 aromatic heterocycles. The summed E-state index contributed by atoms with van der Waals surface area (Å²) in [6.45, 7) is 9.83. The normalized spacial score (nSPS) is 36.9. The molecule has 0 aliphatic carbocycles. The Labute approximate surface area is 195 Å². The molecule has 6 atom stereocenters. The lowest BCUT2D eigenvalue weighted by Crippen LogP contribution is -2.57. The third kappa shape index (κ3) is 4.39. The summed E-state index contributed by atoms with van der Waals surface area (Å²) < 4.78 is 46.0. The predicted molar refractivity (Wildman–Crippen MR) is 126 cm³/mol. The Bertz CT molecular complexity index is 1040. The third-order valence-corrected chi connectivity index (χ3v) is 9.05. The number of anilines is 1. The fourth-order valence-electron chi connectivity index (χ4n) is 4.82. The van der Waals surface area contributed by atoms with E-state index in [1.807, 2.05) is 89.2 Å². The van der Waals surface area contributed by atoms with Crippen LogP contribution in [0.3, 0.4) is 0 Å². The van der Waals surface area contributed by atoms with Gasteiger partial charge in [-0.3, -0.25) is 4.57 Å². The first-order valence-electron chi connectivity index (χ1n) is 11.4. The van der Waals surface area contributed by atoms with Crippen LogP contribution in [0.15, 0.2) is 54.6 Å². The average Bonchev–Trinajstić information content (AvgIpc) is 3.30. The van der Waals surface area contributed by atoms with Crippen molar-refractivity contribution < 1.29 is 28.0 Å². The molecule has 1 N–H and O–H groups in total. The second-order valence-corrected chi connectivity index (χ2v) is 12.4. The van der Waals surface area contributed by atoms with Crippen molar-refractivity contribution in [3.05, 3.63) is 60.2 Å². The second-order valence-electron chi connectivity index (χ2n) is 9.89. The van der Waals surface area contributed by atoms with Crippen LogP contribution in [0.25, 0.3) is 0 Å². The number of aryl methyl sites for hydroxylation is 1. The summed E-state index contributed by atoms with van der Waals surface area (Å²) in [7, 11) is -3.48. The maximum absolute atomic E-state index is 14.8. The Balaban J connectivity index is 1.57. The molecule has 2 aromatic carbocycles. The molecule has 3 saturated heterocycles. The van der Waals surface area contributed by atoms with Crippen molar-refractivity contribution in [1.29, 1.82) is 0 Å². The number of nitrogens with one attached hydrogen (secondary N) is 1. The predicted octanol–water partition coefficient (Wildman–Crippen LogP) is 4.41. The lowest BCUT2D eigenvalue weighted by molar-refractivity contribution is -0.174. The van der Waals surface area contributed by atoms with E-state index in [-0.39, 0.29) is 0 Å². The third-order valence-electron chi connectivity index (χ3n) is 6.32. The molecule has 0 spiro atoms. The molecule has 5 rings (SSSR count). The van der Waals surface area contributed by atoms with Gasteiger partial charge in [0.05, 0.1) is 6.61 Å². The van der Waals surface area contributed by atoms with Gasteiger partial charge in [-0.05, 0) is 58.9 Å². The fraction of sp³-hybridized carbons (Fsp3) is 0.520. The zero-order valence-corrected chi connectivity index (χ0v) is 20.6. The van der Waals surface area contributed by atoms with Crippen LogP contribution in [0.1, 0.15) is 33.3 Å². The summed E-state index contributed by atoms with van der Waals surface area (Å²) in [5, 5.41) is 4.10. The topological polar surface area (TPSA) is 75.2 Å². The van der Waals surface area contributed by atoms with E-state index in [1.54, 1.807) is 0 Å². The van der Waals surface area contributed by atoms with Crippen molar-refractivity contribution in [2.45, 2.75) is 76.4 Å². The monoisotopic (exact) mass is 473 g/mol. The second kappa shape index (κ2) is 8.19. The summed E-state index contributed by atoms with van der Waals surface area (Å²) in [6, 6.07) is 17.3. The molecule has 0 radical (unpaired) electrons. The van der Waals surface area contributed by atoms with Crippen LogP contribution in [0, 0.1) is 6.92 Å². The highest BCUT2D eigenvalue weighted by atomic mass is 31.2. The molecule has 3 aliphatic heterocycles. The minimum atomic E-state index is -3.48. The van der Waals surface area contributed by atoms with Gasteiger partial charge in [-0.2, -0.15) is 0 Å². The average molecular weight is 474 g/mol. The first kappa shape index (κ1) is 23.0. The molecule has 7 nitrogen and oxygen atoms in total. The summed E-state index contributed by atoms with van der Waals surface area (Å²) in [6.07, 6.45) is -2.03. The summed E-state index contributed by atoms with van der Waals surface area (Å²) in [5.41, 5.74) is 1.99. The van der Waals surface area contributed by atoms with E-state index in [4.69, 9.17) is 23.5 Å². The first-order valence-corrected chi connectivity index (χ1v) is 13.1. The van der Waals surface area contributed by atoms with E-state index in [0.717, 1.165) is 11.3 Å². The molecule has 178 valence electrons. The van der Waals surface area contributed by atoms with Gasteiger partial charge in [0, 0.05) is 11.0 Å². The van der Waals surface area contributed by atoms with Crippen LogP contribution < -0.4 is 10.6 Å². The van der Waals surface area contributed by atoms with Gasteiger partial charge < -0.3 is 28.8 Å². The Morgan fingerprint density at radius 1 is 0.848 bits per heavy atom. The van der Waals surface area contributed by atoms with Crippen molar-refractivity contribution in [2.24, 2.45) is 0 Å². The summed E-state index contributed by atoms with van der Waals surface area (Å²) in [5.74, 6) is -2.24. The highest BCUT2D eigenvalue weighted by Crippen LogP contribution is 2.61. The van der Waals surface area contributed by atoms with Crippen LogP contribution in [0.4, 0.5) is 5.69 Å². The summed E-state index contributed by atoms with van der Waals surface area (Å²) in [4.78, 5) is 0. The molecule has 33 heavy (non-hydrogen) atoms. The molecule has 3 heterocycles. The Kier molecular flexibility index (Phi) is 5.72. The smallest absolute Gasteiger partial charge is 0.256 e. The minimum Gasteiger partial charge on any atom is -0.371 e. The van der Waals surface area contributed by atoms with Gasteiger partial charge in [0.25, 0.3) is 7.37 Å². The van der Waals surface area contributed by atoms with Gasteiger partial charge in [-0.1, -0.05) is 35.9 Å². The molecule has 8 heteroatoms. The number of rotatable bonds is 4. The van der Waals surface area contributed by atoms with Crippen molar-refractivity contribution in [1.82, 2.24) is 0 Å². The Morgan fingerprint density at radius 3 is 2.15 bits per heavy atom. The van der Waals surface area contributed by atoms with Crippen LogP contribution in [0.2, 0.25) is 0 Å². The largest absolute Gasteiger partial charge is 0.371 e. The maximum Gasteiger partial charge on any atom is 0.256 e. The lowest BCUT2D eigenvalue weighted by Gasteiger charge is -2.44. The van der Waals surface area contributed by atoms with Crippen LogP contribution in [0.5, 0.6) is 0 Å². The lowest BCUT2D eigenvalue weighted by atomic mass is 10.0. The Morgan fingerprint density at radius 2 is 1.52 bits per heavy atom. The standard InChI is InChI=1S/C25H32NO6P/c1-16-11-13-17(14-12-16)26-23-22-21(30-25(4,5)31-22)20(19-15-28-24(2,3)29-19)32-33(23,27)18-9-7-6-8-10-18/h6-14,19-23,26H,15H2,1-5H3/t19-,20-,21+,22+,23-,33-/m1/s1. The molecule has 0 saturated carbocycles. The Hall–Kier alpha value is -1.73. The fourth-order valence-corrected chi connectivity index (χ4v) is 7.53. The van der Waals surface area contributed by atoms with Gasteiger partial charge in [-0.15, -0.1) is 0 Å². The van der Waals surface area contributed by atoms with Crippen LogP contribution >= 0.6 is 7.37 Å². The quantitative estimate of drug-likeness (QED) is 0.660. The van der Waals surface area contributed by atoms with Crippen molar-refractivity contribution >= 4 is 18.4 Å². The van der Waals surface area contributed by atoms with Crippen molar-refractivity contribution in [2.75, 3.05) is 11.9 Å². The molecule has 3 fully saturated rings. The summed E-state index contributed by atoms with van der Waals surface area (Å²) >= 11 is 0. The van der Waals surface area contributed by atoms with Crippen molar-refractivity contribution in [3.8, 4) is 0 Å². The number of fused-ring (bicyclic) bond motifs is 1. The van der Waals surface area contributed by atoms with Crippen LogP contribution in [-0.2, 0) is 28.0 Å². The highest BCUT2D eigenvalue weighted by Gasteiger charge is 2.62. The zero-order chi connectivity index (χ0) is 23.4. The van der Waals surface area contributed by atoms with E-state index < -0.39 is 49.1 Å². The van der Waals surface area contributed by atoms with Crippen LogP contribution in [-0.4, -0.2) is 48.4 Å². The van der Waals surface area contributed by atoms with E-state index in [9.17, 15) is 4.57 Å². The number of ether oxygens (including phenoxy) is 4. The molecule has 3 aliphatic rings. The van der Waals surface area contributed by atoms with Gasteiger partial charge in [0.2, 0.25) is 0 Å². The maximum atomic E-state index is 14.8. The van der Waals surface area contributed by atoms with Gasteiger partial charge in [0.1, 0.15) is 30.2 Å².